The van der Waals surface area contributed by atoms with Crippen LogP contribution in [0.1, 0.15) is 5.56 Å². The first kappa shape index (κ1) is 7.80. The van der Waals surface area contributed by atoms with Gasteiger partial charge in [0.1, 0.15) is 0 Å². The van der Waals surface area contributed by atoms with Crippen LogP contribution in [0.3, 0.4) is 0 Å². The third kappa shape index (κ3) is 0.966. The molecule has 2 aromatic rings. The molecule has 0 bridgehead atoms. The Morgan fingerprint density at radius 1 is 1.42 bits per heavy atom. The van der Waals surface area contributed by atoms with E-state index in [0.29, 0.717) is 0 Å². The fourth-order valence-electron chi connectivity index (χ4n) is 1.30. The number of aromatic nitrogens is 2. The number of rotatable bonds is 0. The molecule has 0 spiro atoms. The van der Waals surface area contributed by atoms with Crippen LogP contribution in [0, 0.1) is 6.92 Å². The highest BCUT2D eigenvalue weighted by atomic mass is 79.9. The summed E-state index contributed by atoms with van der Waals surface area (Å²) in [5.74, 6) is 0. The van der Waals surface area contributed by atoms with Gasteiger partial charge in [-0.2, -0.15) is 5.10 Å². The van der Waals surface area contributed by atoms with E-state index in [0.717, 1.165) is 9.99 Å². The van der Waals surface area contributed by atoms with Gasteiger partial charge in [-0.25, -0.2) is 0 Å². The minimum atomic E-state index is 1.15. The average Bonchev–Trinajstić information content (AvgIpc) is 2.41. The molecule has 0 N–H and O–H groups in total. The standard InChI is InChI=1S/C9H9BrN2/c1-6-3-4-8-7(9(6)10)5-11-12(8)2/h3-5H,1-2H3. The van der Waals surface area contributed by atoms with E-state index in [2.05, 4.69) is 40.1 Å². The second kappa shape index (κ2) is 2.59. The molecule has 62 valence electrons. The molecular formula is C9H9BrN2. The van der Waals surface area contributed by atoms with Crippen molar-refractivity contribution in [3.63, 3.8) is 0 Å². The van der Waals surface area contributed by atoms with E-state index in [9.17, 15) is 0 Å². The van der Waals surface area contributed by atoms with Gasteiger partial charge in [-0.15, -0.1) is 0 Å². The third-order valence-electron chi connectivity index (χ3n) is 2.06. The summed E-state index contributed by atoms with van der Waals surface area (Å²) in [6.45, 7) is 2.08. The number of hydrogen-bond donors (Lipinski definition) is 0. The minimum absolute atomic E-state index is 1.15. The van der Waals surface area contributed by atoms with E-state index in [1.165, 1.54) is 10.9 Å². The van der Waals surface area contributed by atoms with Crippen LogP contribution in [-0.4, -0.2) is 9.78 Å². The number of aryl methyl sites for hydroxylation is 2. The normalized spacial score (nSPS) is 10.9. The van der Waals surface area contributed by atoms with Gasteiger partial charge in [-0.05, 0) is 34.5 Å². The van der Waals surface area contributed by atoms with Crippen LogP contribution in [0.4, 0.5) is 0 Å². The molecule has 0 saturated heterocycles. The summed E-state index contributed by atoms with van der Waals surface area (Å²) in [6, 6.07) is 4.18. The number of nitrogens with zero attached hydrogens (tertiary/aromatic N) is 2. The monoisotopic (exact) mass is 224 g/mol. The zero-order valence-electron chi connectivity index (χ0n) is 7.00. The second-order valence-electron chi connectivity index (χ2n) is 2.90. The Balaban J connectivity index is 2.93. The zero-order chi connectivity index (χ0) is 8.72. The summed E-state index contributed by atoms with van der Waals surface area (Å²) in [5.41, 5.74) is 2.41. The van der Waals surface area contributed by atoms with Crippen LogP contribution in [0.25, 0.3) is 10.9 Å². The largest absolute Gasteiger partial charge is 0.268 e. The van der Waals surface area contributed by atoms with Crippen molar-refractivity contribution in [2.75, 3.05) is 0 Å². The van der Waals surface area contributed by atoms with Gasteiger partial charge in [0.15, 0.2) is 0 Å². The van der Waals surface area contributed by atoms with Crippen molar-refractivity contribution in [1.82, 2.24) is 9.78 Å². The summed E-state index contributed by atoms with van der Waals surface area (Å²) >= 11 is 3.54. The highest BCUT2D eigenvalue weighted by molar-refractivity contribution is 9.10. The summed E-state index contributed by atoms with van der Waals surface area (Å²) in [5, 5.41) is 5.36. The molecule has 0 amide bonds. The fraction of sp³-hybridized carbons (Fsp3) is 0.222. The second-order valence-corrected chi connectivity index (χ2v) is 3.69. The molecule has 0 radical (unpaired) electrons. The molecule has 0 aliphatic carbocycles. The van der Waals surface area contributed by atoms with Gasteiger partial charge >= 0.3 is 0 Å². The molecule has 12 heavy (non-hydrogen) atoms. The molecule has 0 fully saturated rings. The Kier molecular flexibility index (Phi) is 1.68. The SMILES string of the molecule is Cc1ccc2c(cnn2C)c1Br. The maximum absolute atomic E-state index is 4.18. The molecule has 1 heterocycles. The molecule has 1 aromatic heterocycles. The summed E-state index contributed by atoms with van der Waals surface area (Å²) in [6.07, 6.45) is 1.88. The Morgan fingerprint density at radius 2 is 2.17 bits per heavy atom. The fourth-order valence-corrected chi connectivity index (χ4v) is 1.74. The number of benzene rings is 1. The highest BCUT2D eigenvalue weighted by Gasteiger charge is 2.04. The Labute approximate surface area is 79.3 Å². The summed E-state index contributed by atoms with van der Waals surface area (Å²) in [7, 11) is 1.95. The van der Waals surface area contributed by atoms with E-state index < -0.39 is 0 Å². The summed E-state index contributed by atoms with van der Waals surface area (Å²) < 4.78 is 3.02. The molecule has 2 rings (SSSR count). The Hall–Kier alpha value is -0.830. The van der Waals surface area contributed by atoms with E-state index in [4.69, 9.17) is 0 Å². The number of hydrogen-bond acceptors (Lipinski definition) is 1. The molecule has 3 heteroatoms. The molecule has 0 unspecified atom stereocenters. The lowest BCUT2D eigenvalue weighted by Crippen LogP contribution is -1.88. The zero-order valence-corrected chi connectivity index (χ0v) is 8.59. The van der Waals surface area contributed by atoms with Crippen molar-refractivity contribution in [1.29, 1.82) is 0 Å². The van der Waals surface area contributed by atoms with Crippen molar-refractivity contribution in [3.8, 4) is 0 Å². The Morgan fingerprint density at radius 3 is 2.92 bits per heavy atom. The van der Waals surface area contributed by atoms with Crippen LogP contribution in [0.2, 0.25) is 0 Å². The highest BCUT2D eigenvalue weighted by Crippen LogP contribution is 2.26. The third-order valence-corrected chi connectivity index (χ3v) is 3.11. The van der Waals surface area contributed by atoms with Crippen molar-refractivity contribution >= 4 is 26.8 Å². The van der Waals surface area contributed by atoms with Gasteiger partial charge in [0.2, 0.25) is 0 Å². The molecular weight excluding hydrogens is 216 g/mol. The minimum Gasteiger partial charge on any atom is -0.268 e. The van der Waals surface area contributed by atoms with Crippen molar-refractivity contribution in [2.24, 2.45) is 7.05 Å². The van der Waals surface area contributed by atoms with E-state index in [-0.39, 0.29) is 0 Å². The number of halogens is 1. The molecule has 0 saturated carbocycles. The maximum atomic E-state index is 4.18. The van der Waals surface area contributed by atoms with Crippen LogP contribution in [0.5, 0.6) is 0 Å². The molecule has 0 aliphatic heterocycles. The topological polar surface area (TPSA) is 17.8 Å². The van der Waals surface area contributed by atoms with Crippen molar-refractivity contribution in [2.45, 2.75) is 6.92 Å². The van der Waals surface area contributed by atoms with Crippen molar-refractivity contribution < 1.29 is 0 Å². The molecule has 0 atom stereocenters. The predicted octanol–water partition coefficient (Wildman–Crippen LogP) is 2.64. The van der Waals surface area contributed by atoms with Gasteiger partial charge < -0.3 is 0 Å². The Bertz CT molecular complexity index is 431. The lowest BCUT2D eigenvalue weighted by molar-refractivity contribution is 0.797. The maximum Gasteiger partial charge on any atom is 0.0690 e. The quantitative estimate of drug-likeness (QED) is 0.673. The molecule has 0 aliphatic rings. The summed E-state index contributed by atoms with van der Waals surface area (Å²) in [4.78, 5) is 0. The average molecular weight is 225 g/mol. The van der Waals surface area contributed by atoms with Gasteiger partial charge in [0.25, 0.3) is 0 Å². The lowest BCUT2D eigenvalue weighted by atomic mass is 10.2. The lowest BCUT2D eigenvalue weighted by Gasteiger charge is -1.99. The first-order chi connectivity index (χ1) is 5.70. The van der Waals surface area contributed by atoms with Crippen LogP contribution < -0.4 is 0 Å². The van der Waals surface area contributed by atoms with Crippen molar-refractivity contribution in [3.05, 3.63) is 28.4 Å². The smallest absolute Gasteiger partial charge is 0.0690 e. The molecule has 2 nitrogen and oxygen atoms in total. The molecule has 1 aromatic carbocycles. The van der Waals surface area contributed by atoms with Gasteiger partial charge in [0, 0.05) is 16.9 Å². The van der Waals surface area contributed by atoms with Gasteiger partial charge in [0.05, 0.1) is 11.7 Å². The van der Waals surface area contributed by atoms with Gasteiger partial charge in [-0.1, -0.05) is 6.07 Å². The van der Waals surface area contributed by atoms with Crippen LogP contribution in [-0.2, 0) is 7.05 Å². The van der Waals surface area contributed by atoms with E-state index in [1.54, 1.807) is 0 Å². The van der Waals surface area contributed by atoms with Crippen LogP contribution in [0.15, 0.2) is 22.8 Å². The first-order valence-electron chi connectivity index (χ1n) is 3.77. The van der Waals surface area contributed by atoms with E-state index >= 15 is 0 Å². The predicted molar refractivity (Wildman–Crippen MR) is 53.2 cm³/mol. The van der Waals surface area contributed by atoms with Crippen LogP contribution >= 0.6 is 15.9 Å². The first-order valence-corrected chi connectivity index (χ1v) is 4.56. The van der Waals surface area contributed by atoms with E-state index in [1.807, 2.05) is 17.9 Å². The number of fused-ring (bicyclic) bond motifs is 1. The van der Waals surface area contributed by atoms with Gasteiger partial charge in [-0.3, -0.25) is 4.68 Å².